The fourth-order valence-corrected chi connectivity index (χ4v) is 3.57. The van der Waals surface area contributed by atoms with Crippen molar-refractivity contribution in [1.82, 2.24) is 15.5 Å². The number of methoxy groups -OCH3 is 1. The van der Waals surface area contributed by atoms with Crippen LogP contribution in [0.2, 0.25) is 0 Å². The van der Waals surface area contributed by atoms with E-state index >= 15 is 0 Å². The summed E-state index contributed by atoms with van der Waals surface area (Å²) in [6.07, 6.45) is 0.577. The summed E-state index contributed by atoms with van der Waals surface area (Å²) in [7, 11) is 1.49. The fraction of sp³-hybridized carbons (Fsp3) is 0.471. The largest absolute Gasteiger partial charge is 0.406 e. The summed E-state index contributed by atoms with van der Waals surface area (Å²) >= 11 is 1.92. The Hall–Kier alpha value is -2.06. The van der Waals surface area contributed by atoms with E-state index in [1.54, 1.807) is 0 Å². The van der Waals surface area contributed by atoms with Crippen LogP contribution in [-0.4, -0.2) is 54.4 Å². The predicted octanol–water partition coefficient (Wildman–Crippen LogP) is 1.67. The standard InChI is InChI=1S/C17H22N4O3S/c1-23-12-15(22)18-14(11-13-5-3-2-4-6-13)16-19-20-17(24-16)21-7-9-25-10-8-21/h2-6,14H,7-12H2,1H3,(H,18,22). The minimum Gasteiger partial charge on any atom is -0.406 e. The van der Waals surface area contributed by atoms with Gasteiger partial charge in [-0.15, -0.1) is 5.10 Å². The molecule has 8 heteroatoms. The normalized spacial score (nSPS) is 15.8. The number of thioether (sulfide) groups is 1. The number of carbonyl (C=O) groups is 1. The number of ether oxygens (including phenoxy) is 1. The van der Waals surface area contributed by atoms with Crippen LogP contribution in [0.1, 0.15) is 17.5 Å². The van der Waals surface area contributed by atoms with Gasteiger partial charge in [-0.3, -0.25) is 4.79 Å². The van der Waals surface area contributed by atoms with E-state index in [4.69, 9.17) is 9.15 Å². The molecule has 0 bridgehead atoms. The number of anilines is 1. The first kappa shape index (κ1) is 17.8. The number of nitrogens with one attached hydrogen (secondary N) is 1. The fourth-order valence-electron chi connectivity index (χ4n) is 2.67. The molecule has 1 fully saturated rings. The van der Waals surface area contributed by atoms with Crippen molar-refractivity contribution in [2.45, 2.75) is 12.5 Å². The number of hydrogen-bond donors (Lipinski definition) is 1. The van der Waals surface area contributed by atoms with E-state index in [9.17, 15) is 4.79 Å². The molecule has 1 aliphatic heterocycles. The van der Waals surface area contributed by atoms with Gasteiger partial charge in [-0.1, -0.05) is 35.4 Å². The first-order valence-electron chi connectivity index (χ1n) is 8.24. The van der Waals surface area contributed by atoms with E-state index in [2.05, 4.69) is 20.4 Å². The molecular formula is C17H22N4O3S. The lowest BCUT2D eigenvalue weighted by atomic mass is 10.1. The summed E-state index contributed by atoms with van der Waals surface area (Å²) in [5.74, 6) is 2.31. The number of carbonyl (C=O) groups excluding carboxylic acids is 1. The van der Waals surface area contributed by atoms with E-state index in [1.807, 2.05) is 42.1 Å². The van der Waals surface area contributed by atoms with E-state index < -0.39 is 0 Å². The van der Waals surface area contributed by atoms with Crippen LogP contribution in [0.3, 0.4) is 0 Å². The SMILES string of the molecule is COCC(=O)NC(Cc1ccccc1)c1nnc(N2CCSCC2)o1. The van der Waals surface area contributed by atoms with Crippen molar-refractivity contribution in [2.24, 2.45) is 0 Å². The number of benzene rings is 1. The molecule has 3 rings (SSSR count). The van der Waals surface area contributed by atoms with Gasteiger partial charge in [-0.05, 0) is 5.56 Å². The van der Waals surface area contributed by atoms with Crippen LogP contribution in [0.5, 0.6) is 0 Å². The minimum absolute atomic E-state index is 0.00433. The molecule has 134 valence electrons. The van der Waals surface area contributed by atoms with E-state index in [-0.39, 0.29) is 18.6 Å². The second-order valence-corrected chi connectivity index (χ2v) is 6.99. The summed E-state index contributed by atoms with van der Waals surface area (Å²) in [4.78, 5) is 14.1. The van der Waals surface area contributed by atoms with Gasteiger partial charge in [-0.2, -0.15) is 11.8 Å². The highest BCUT2D eigenvalue weighted by Gasteiger charge is 2.24. The van der Waals surface area contributed by atoms with Crippen LogP contribution in [0.25, 0.3) is 0 Å². The maximum Gasteiger partial charge on any atom is 0.318 e. The van der Waals surface area contributed by atoms with Crippen molar-refractivity contribution in [2.75, 3.05) is 43.2 Å². The number of aromatic nitrogens is 2. The third kappa shape index (κ3) is 4.96. The van der Waals surface area contributed by atoms with E-state index in [0.717, 1.165) is 30.2 Å². The van der Waals surface area contributed by atoms with Gasteiger partial charge in [0.15, 0.2) is 0 Å². The Morgan fingerprint density at radius 3 is 2.80 bits per heavy atom. The Balaban J connectivity index is 1.75. The van der Waals surface area contributed by atoms with Crippen LogP contribution < -0.4 is 10.2 Å². The van der Waals surface area contributed by atoms with Crippen LogP contribution in [-0.2, 0) is 16.0 Å². The molecule has 1 saturated heterocycles. The van der Waals surface area contributed by atoms with Crippen LogP contribution >= 0.6 is 11.8 Å². The molecule has 25 heavy (non-hydrogen) atoms. The molecule has 0 radical (unpaired) electrons. The Kier molecular flexibility index (Phi) is 6.30. The van der Waals surface area contributed by atoms with Gasteiger partial charge in [0.25, 0.3) is 0 Å². The zero-order valence-corrected chi connectivity index (χ0v) is 15.0. The Bertz CT molecular complexity index is 674. The second kappa shape index (κ2) is 8.87. The lowest BCUT2D eigenvalue weighted by molar-refractivity contribution is -0.125. The van der Waals surface area contributed by atoms with Crippen LogP contribution in [0.4, 0.5) is 6.01 Å². The highest BCUT2D eigenvalue weighted by atomic mass is 32.2. The average Bonchev–Trinajstić information content (AvgIpc) is 3.13. The molecule has 1 atom stereocenters. The van der Waals surface area contributed by atoms with Crippen molar-refractivity contribution in [3.05, 3.63) is 41.8 Å². The van der Waals surface area contributed by atoms with Crippen molar-refractivity contribution in [1.29, 1.82) is 0 Å². The third-order valence-electron chi connectivity index (χ3n) is 3.90. The van der Waals surface area contributed by atoms with E-state index in [0.29, 0.717) is 18.3 Å². The zero-order chi connectivity index (χ0) is 17.5. The molecule has 2 aromatic rings. The molecule has 0 spiro atoms. The number of hydrogen-bond acceptors (Lipinski definition) is 7. The Labute approximate surface area is 151 Å². The topological polar surface area (TPSA) is 80.5 Å². The summed E-state index contributed by atoms with van der Waals surface area (Å²) in [5, 5.41) is 11.3. The molecule has 2 heterocycles. The van der Waals surface area contributed by atoms with Gasteiger partial charge >= 0.3 is 6.01 Å². The first-order valence-corrected chi connectivity index (χ1v) is 9.40. The molecule has 1 aromatic heterocycles. The van der Waals surface area contributed by atoms with Crippen molar-refractivity contribution >= 4 is 23.7 Å². The molecule has 0 aliphatic carbocycles. The van der Waals surface area contributed by atoms with E-state index in [1.165, 1.54) is 7.11 Å². The first-order chi connectivity index (χ1) is 12.3. The van der Waals surface area contributed by atoms with Crippen molar-refractivity contribution in [3.8, 4) is 0 Å². The molecule has 1 aliphatic rings. The Morgan fingerprint density at radius 1 is 1.32 bits per heavy atom. The zero-order valence-electron chi connectivity index (χ0n) is 14.2. The predicted molar refractivity (Wildman–Crippen MR) is 96.7 cm³/mol. The molecule has 0 saturated carbocycles. The molecular weight excluding hydrogens is 340 g/mol. The minimum atomic E-state index is -0.384. The lowest BCUT2D eigenvalue weighted by Gasteiger charge is -2.24. The molecule has 7 nitrogen and oxygen atoms in total. The molecule has 1 N–H and O–H groups in total. The van der Waals surface area contributed by atoms with Crippen LogP contribution in [0, 0.1) is 0 Å². The molecule has 1 amide bonds. The van der Waals surface area contributed by atoms with Gasteiger partial charge < -0.3 is 19.4 Å². The Morgan fingerprint density at radius 2 is 2.08 bits per heavy atom. The van der Waals surface area contributed by atoms with Gasteiger partial charge in [0, 0.05) is 38.1 Å². The smallest absolute Gasteiger partial charge is 0.318 e. The van der Waals surface area contributed by atoms with Gasteiger partial charge in [0.2, 0.25) is 11.8 Å². The number of amides is 1. The summed E-state index contributed by atoms with van der Waals surface area (Å²) < 4.78 is 10.8. The summed E-state index contributed by atoms with van der Waals surface area (Å²) in [6.45, 7) is 1.78. The van der Waals surface area contributed by atoms with Gasteiger partial charge in [0.05, 0.1) is 0 Å². The second-order valence-electron chi connectivity index (χ2n) is 5.77. The summed E-state index contributed by atoms with van der Waals surface area (Å²) in [6, 6.07) is 10.0. The molecule has 1 aromatic carbocycles. The van der Waals surface area contributed by atoms with Crippen molar-refractivity contribution < 1.29 is 13.9 Å². The number of nitrogens with zero attached hydrogens (tertiary/aromatic N) is 3. The lowest BCUT2D eigenvalue weighted by Crippen LogP contribution is -2.33. The maximum absolute atomic E-state index is 12.0. The van der Waals surface area contributed by atoms with Crippen molar-refractivity contribution in [3.63, 3.8) is 0 Å². The monoisotopic (exact) mass is 362 g/mol. The highest BCUT2D eigenvalue weighted by molar-refractivity contribution is 7.99. The average molecular weight is 362 g/mol. The highest BCUT2D eigenvalue weighted by Crippen LogP contribution is 2.23. The summed E-state index contributed by atoms with van der Waals surface area (Å²) in [5.41, 5.74) is 1.08. The third-order valence-corrected chi connectivity index (χ3v) is 4.85. The van der Waals surface area contributed by atoms with Crippen LogP contribution in [0.15, 0.2) is 34.7 Å². The molecule has 1 unspecified atom stereocenters. The van der Waals surface area contributed by atoms with Gasteiger partial charge in [0.1, 0.15) is 12.6 Å². The van der Waals surface area contributed by atoms with Gasteiger partial charge in [-0.25, -0.2) is 0 Å². The maximum atomic E-state index is 12.0. The quantitative estimate of drug-likeness (QED) is 0.802. The number of rotatable bonds is 7.